The van der Waals surface area contributed by atoms with Gasteiger partial charge in [0.2, 0.25) is 0 Å². The number of carboxylic acid groups (broad SMARTS) is 1. The Hall–Kier alpha value is -1.30. The van der Waals surface area contributed by atoms with Crippen molar-refractivity contribution in [3.8, 4) is 0 Å². The normalized spacial score (nSPS) is 15.1. The van der Waals surface area contributed by atoms with Gasteiger partial charge in [-0.15, -0.1) is 0 Å². The van der Waals surface area contributed by atoms with Gasteiger partial charge in [-0.1, -0.05) is 0 Å². The Bertz CT molecular complexity index is 168. The molecule has 0 aliphatic rings. The molecule has 0 rings (SSSR count). The van der Waals surface area contributed by atoms with E-state index in [2.05, 4.69) is 5.73 Å². The molecule has 6 nitrogen and oxygen atoms in total. The van der Waals surface area contributed by atoms with Crippen LogP contribution < -0.4 is 16.2 Å². The Morgan fingerprint density at radius 1 is 1.64 bits per heavy atom. The highest BCUT2D eigenvalue weighted by Gasteiger charge is 2.16. The fraction of sp³-hybridized carbons (Fsp3) is 0.600. The highest BCUT2D eigenvalue weighted by molar-refractivity contribution is 5.80. The molecular weight excluding hydrogens is 152 g/mol. The first-order valence-corrected chi connectivity index (χ1v) is 2.90. The van der Waals surface area contributed by atoms with E-state index in [0.29, 0.717) is 0 Å². The highest BCUT2D eigenvalue weighted by Crippen LogP contribution is 1.89. The fourth-order valence-corrected chi connectivity index (χ4v) is 0.530. The van der Waals surface area contributed by atoms with Gasteiger partial charge in [0.1, 0.15) is 0 Å². The summed E-state index contributed by atoms with van der Waals surface area (Å²) < 4.78 is 0. The van der Waals surface area contributed by atoms with Gasteiger partial charge >= 0.3 is 6.03 Å². The summed E-state index contributed by atoms with van der Waals surface area (Å²) in [5.74, 6) is -1.57. The van der Waals surface area contributed by atoms with Gasteiger partial charge in [0, 0.05) is 0 Å². The molecule has 0 aliphatic carbocycles. The Morgan fingerprint density at radius 2 is 2.09 bits per heavy atom. The number of aliphatic carboxylic acids is 1. The van der Waals surface area contributed by atoms with Crippen LogP contribution in [0.25, 0.3) is 0 Å². The van der Waals surface area contributed by atoms with E-state index in [9.17, 15) is 14.7 Å². The van der Waals surface area contributed by atoms with Gasteiger partial charge in [-0.05, 0) is 6.92 Å². The number of aliphatic hydroxyl groups is 1. The van der Waals surface area contributed by atoms with Gasteiger partial charge < -0.3 is 26.1 Å². The second kappa shape index (κ2) is 3.77. The van der Waals surface area contributed by atoms with E-state index >= 15 is 0 Å². The third kappa shape index (κ3) is 3.41. The van der Waals surface area contributed by atoms with Gasteiger partial charge in [-0.25, -0.2) is 4.79 Å². The molecule has 6 heteroatoms. The first kappa shape index (κ1) is 9.70. The minimum Gasteiger partial charge on any atom is -0.548 e. The molecule has 0 aromatic carbocycles. The van der Waals surface area contributed by atoms with E-state index in [1.807, 2.05) is 0 Å². The topological polar surface area (TPSA) is 115 Å². The van der Waals surface area contributed by atoms with E-state index in [1.54, 1.807) is 5.32 Å². The van der Waals surface area contributed by atoms with Crippen molar-refractivity contribution in [3.63, 3.8) is 0 Å². The van der Waals surface area contributed by atoms with Gasteiger partial charge in [0.25, 0.3) is 0 Å². The van der Waals surface area contributed by atoms with Crippen LogP contribution in [-0.2, 0) is 4.79 Å². The Morgan fingerprint density at radius 3 is 2.18 bits per heavy atom. The summed E-state index contributed by atoms with van der Waals surface area (Å²) in [5, 5.41) is 20.7. The molecule has 0 unspecified atom stereocenters. The van der Waals surface area contributed by atoms with E-state index < -0.39 is 24.1 Å². The van der Waals surface area contributed by atoms with Crippen LogP contribution in [0.15, 0.2) is 0 Å². The zero-order valence-electron chi connectivity index (χ0n) is 5.90. The molecular formula is C5H9N2O4-. The van der Waals surface area contributed by atoms with Crippen LogP contribution in [-0.4, -0.2) is 29.3 Å². The predicted molar refractivity (Wildman–Crippen MR) is 33.2 cm³/mol. The second-order valence-electron chi connectivity index (χ2n) is 2.05. The monoisotopic (exact) mass is 161 g/mol. The summed E-state index contributed by atoms with van der Waals surface area (Å²) >= 11 is 0. The van der Waals surface area contributed by atoms with Crippen LogP contribution in [0.5, 0.6) is 0 Å². The first-order valence-electron chi connectivity index (χ1n) is 2.90. The van der Waals surface area contributed by atoms with Gasteiger partial charge in [-0.3, -0.25) is 0 Å². The molecule has 0 spiro atoms. The van der Waals surface area contributed by atoms with E-state index in [1.165, 1.54) is 6.92 Å². The lowest BCUT2D eigenvalue weighted by molar-refractivity contribution is -0.310. The zero-order chi connectivity index (χ0) is 9.02. The zero-order valence-corrected chi connectivity index (χ0v) is 5.90. The third-order valence-electron chi connectivity index (χ3n) is 1.03. The number of aliphatic hydroxyl groups excluding tert-OH is 1. The minimum absolute atomic E-state index is 1.01. The van der Waals surface area contributed by atoms with Crippen molar-refractivity contribution in [2.75, 3.05) is 0 Å². The van der Waals surface area contributed by atoms with Crippen LogP contribution in [0, 0.1) is 0 Å². The van der Waals surface area contributed by atoms with Crippen LogP contribution in [0.2, 0.25) is 0 Å². The fourth-order valence-electron chi connectivity index (χ4n) is 0.530. The molecule has 0 saturated carbocycles. The number of primary amides is 1. The van der Waals surface area contributed by atoms with Crippen molar-refractivity contribution in [1.82, 2.24) is 5.32 Å². The standard InChI is InChI=1S/C5H10N2O4/c1-2(8)3(4(9)10)7-5(6)11/h2-3,8H,1H3,(H,9,10)(H3,6,7,11)/p-1/t2-,3+/m1/s1. The lowest BCUT2D eigenvalue weighted by Crippen LogP contribution is -2.54. The molecule has 0 bridgehead atoms. The number of nitrogens with one attached hydrogen (secondary N) is 1. The van der Waals surface area contributed by atoms with E-state index in [4.69, 9.17) is 5.11 Å². The molecule has 0 fully saturated rings. The van der Waals surface area contributed by atoms with Crippen LogP contribution in [0.1, 0.15) is 6.92 Å². The predicted octanol–water partition coefficient (Wildman–Crippen LogP) is -2.85. The second-order valence-corrected chi connectivity index (χ2v) is 2.05. The number of nitrogens with two attached hydrogens (primary N) is 1. The van der Waals surface area contributed by atoms with Crippen molar-refractivity contribution < 1.29 is 19.8 Å². The molecule has 0 saturated heterocycles. The smallest absolute Gasteiger partial charge is 0.312 e. The molecule has 0 aromatic heterocycles. The number of hydrogen-bond acceptors (Lipinski definition) is 4. The number of rotatable bonds is 3. The molecule has 2 amide bonds. The summed E-state index contributed by atoms with van der Waals surface area (Å²) in [6.45, 7) is 1.20. The third-order valence-corrected chi connectivity index (χ3v) is 1.03. The molecule has 11 heavy (non-hydrogen) atoms. The van der Waals surface area contributed by atoms with Crippen molar-refractivity contribution in [1.29, 1.82) is 0 Å². The summed E-state index contributed by atoms with van der Waals surface area (Å²) in [4.78, 5) is 20.3. The number of urea groups is 1. The summed E-state index contributed by atoms with van der Waals surface area (Å²) in [7, 11) is 0. The van der Waals surface area contributed by atoms with Crippen molar-refractivity contribution in [3.05, 3.63) is 0 Å². The first-order chi connectivity index (χ1) is 4.95. The Kier molecular flexibility index (Phi) is 3.32. The summed E-state index contributed by atoms with van der Waals surface area (Å²) in [6.07, 6.45) is -1.23. The number of hydrogen-bond donors (Lipinski definition) is 3. The van der Waals surface area contributed by atoms with Crippen molar-refractivity contribution in [2.45, 2.75) is 19.1 Å². The number of carboxylic acids is 1. The molecule has 0 radical (unpaired) electrons. The van der Waals surface area contributed by atoms with Crippen LogP contribution in [0.4, 0.5) is 4.79 Å². The minimum atomic E-state index is -1.57. The van der Waals surface area contributed by atoms with Crippen LogP contribution >= 0.6 is 0 Å². The van der Waals surface area contributed by atoms with Crippen LogP contribution in [0.3, 0.4) is 0 Å². The summed E-state index contributed by atoms with van der Waals surface area (Å²) in [6, 6.07) is -2.47. The van der Waals surface area contributed by atoms with Gasteiger partial charge in [0.15, 0.2) is 0 Å². The molecule has 64 valence electrons. The largest absolute Gasteiger partial charge is 0.548 e. The maximum absolute atomic E-state index is 10.1. The molecule has 0 aliphatic heterocycles. The van der Waals surface area contributed by atoms with E-state index in [-0.39, 0.29) is 0 Å². The molecule has 4 N–H and O–H groups in total. The van der Waals surface area contributed by atoms with Gasteiger partial charge in [0.05, 0.1) is 18.1 Å². The lowest BCUT2D eigenvalue weighted by atomic mass is 10.2. The number of carbonyl (C=O) groups excluding carboxylic acids is 2. The Balaban J connectivity index is 4.12. The van der Waals surface area contributed by atoms with Gasteiger partial charge in [-0.2, -0.15) is 0 Å². The van der Waals surface area contributed by atoms with Crippen molar-refractivity contribution >= 4 is 12.0 Å². The Labute approximate surface area is 63.0 Å². The average Bonchev–Trinajstić information content (AvgIpc) is 1.81. The SMILES string of the molecule is C[C@@H](O)[C@H](NC(N)=O)C(=O)[O-]. The molecule has 0 heterocycles. The quantitative estimate of drug-likeness (QED) is 0.413. The molecule has 2 atom stereocenters. The van der Waals surface area contributed by atoms with Crippen molar-refractivity contribution in [2.24, 2.45) is 5.73 Å². The van der Waals surface area contributed by atoms with E-state index in [0.717, 1.165) is 0 Å². The average molecular weight is 161 g/mol. The number of carbonyl (C=O) groups is 2. The lowest BCUT2D eigenvalue weighted by Gasteiger charge is -2.20. The maximum atomic E-state index is 10.1. The summed E-state index contributed by atoms with van der Waals surface area (Å²) in [5.41, 5.74) is 4.62. The maximum Gasteiger partial charge on any atom is 0.312 e. The highest BCUT2D eigenvalue weighted by atomic mass is 16.4. The molecule has 0 aromatic rings. The number of amides is 2.